The summed E-state index contributed by atoms with van der Waals surface area (Å²) in [7, 11) is 0. The fourth-order valence-corrected chi connectivity index (χ4v) is 3.37. The quantitative estimate of drug-likeness (QED) is 0.617. The summed E-state index contributed by atoms with van der Waals surface area (Å²) >= 11 is 0. The number of fused-ring (bicyclic) bond motifs is 3. The Morgan fingerprint density at radius 1 is 0.960 bits per heavy atom. The van der Waals surface area contributed by atoms with E-state index in [-0.39, 0.29) is 6.61 Å². The Morgan fingerprint density at radius 3 is 2.44 bits per heavy atom. The molecule has 0 aliphatic rings. The molecule has 0 spiro atoms. The smallest absolute Gasteiger partial charge is 0.114 e. The van der Waals surface area contributed by atoms with Gasteiger partial charge < -0.3 is 9.67 Å². The summed E-state index contributed by atoms with van der Waals surface area (Å²) in [6.07, 6.45) is 2.55. The molecule has 4 nitrogen and oxygen atoms in total. The van der Waals surface area contributed by atoms with Crippen molar-refractivity contribution >= 4 is 21.9 Å². The molecule has 25 heavy (non-hydrogen) atoms. The number of aliphatic hydroxyl groups is 1. The third-order valence-corrected chi connectivity index (χ3v) is 4.66. The summed E-state index contributed by atoms with van der Waals surface area (Å²) in [6.45, 7) is 4.12. The van der Waals surface area contributed by atoms with Crippen molar-refractivity contribution in [1.82, 2.24) is 14.5 Å². The molecule has 0 saturated carbocycles. The van der Waals surface area contributed by atoms with E-state index in [1.54, 1.807) is 0 Å². The lowest BCUT2D eigenvalue weighted by Gasteiger charge is -2.27. The summed E-state index contributed by atoms with van der Waals surface area (Å²) in [5, 5.41) is 11.1. The fourth-order valence-electron chi connectivity index (χ4n) is 3.37. The number of nitrogens with zero attached hydrogens (tertiary/aromatic N) is 3. The molecule has 0 aliphatic carbocycles. The van der Waals surface area contributed by atoms with Crippen LogP contribution < -0.4 is 0 Å². The normalized spacial score (nSPS) is 12.1. The van der Waals surface area contributed by atoms with E-state index < -0.39 is 5.54 Å². The monoisotopic (exact) mass is 331 g/mol. The van der Waals surface area contributed by atoms with Crippen LogP contribution in [0.3, 0.4) is 0 Å². The van der Waals surface area contributed by atoms with Gasteiger partial charge in [0.1, 0.15) is 11.3 Å². The van der Waals surface area contributed by atoms with Crippen molar-refractivity contribution < 1.29 is 5.11 Å². The lowest BCUT2D eigenvalue weighted by atomic mass is 10.0. The predicted octanol–water partition coefficient (Wildman–Crippen LogP) is 3.90. The number of para-hydroxylation sites is 1. The van der Waals surface area contributed by atoms with Gasteiger partial charge in [0.05, 0.1) is 29.4 Å². The van der Waals surface area contributed by atoms with Gasteiger partial charge in [0.2, 0.25) is 0 Å². The van der Waals surface area contributed by atoms with E-state index in [0.29, 0.717) is 6.42 Å². The fraction of sp³-hybridized carbons (Fsp3) is 0.238. The molecule has 1 N–H and O–H groups in total. The van der Waals surface area contributed by atoms with Crippen molar-refractivity contribution in [3.8, 4) is 0 Å². The van der Waals surface area contributed by atoms with Gasteiger partial charge in [0.15, 0.2) is 0 Å². The van der Waals surface area contributed by atoms with Crippen LogP contribution in [0.25, 0.3) is 21.9 Å². The van der Waals surface area contributed by atoms with Gasteiger partial charge in [0.25, 0.3) is 0 Å². The van der Waals surface area contributed by atoms with Gasteiger partial charge in [-0.05, 0) is 25.5 Å². The molecular formula is C21H21N3O. The van der Waals surface area contributed by atoms with Crippen molar-refractivity contribution in [2.45, 2.75) is 25.8 Å². The summed E-state index contributed by atoms with van der Waals surface area (Å²) in [5.41, 5.74) is 3.59. The minimum absolute atomic E-state index is 0.0386. The molecule has 2 aromatic carbocycles. The van der Waals surface area contributed by atoms with Crippen molar-refractivity contribution in [3.63, 3.8) is 0 Å². The molecule has 2 heterocycles. The highest BCUT2D eigenvalue weighted by atomic mass is 16.3. The van der Waals surface area contributed by atoms with Crippen molar-refractivity contribution in [2.75, 3.05) is 6.61 Å². The molecule has 4 aromatic rings. The molecule has 0 atom stereocenters. The van der Waals surface area contributed by atoms with Gasteiger partial charge in [-0.1, -0.05) is 48.5 Å². The number of hydrogen-bond acceptors (Lipinski definition) is 3. The van der Waals surface area contributed by atoms with Crippen LogP contribution in [0.2, 0.25) is 0 Å². The van der Waals surface area contributed by atoms with Crippen molar-refractivity contribution in [2.24, 2.45) is 0 Å². The van der Waals surface area contributed by atoms with Gasteiger partial charge >= 0.3 is 0 Å². The molecule has 4 rings (SSSR count). The van der Waals surface area contributed by atoms with E-state index in [4.69, 9.17) is 4.98 Å². The van der Waals surface area contributed by atoms with E-state index in [2.05, 4.69) is 27.8 Å². The molecule has 126 valence electrons. The average molecular weight is 331 g/mol. The zero-order valence-corrected chi connectivity index (χ0v) is 14.5. The standard InChI is InChI=1S/C21H21N3O/c1-21(2,14-25)24-19(12-15-8-4-3-5-9-15)23-18-13-22-17-11-7-6-10-16(17)20(18)24/h3-11,13,25H,12,14H2,1-2H3. The van der Waals surface area contributed by atoms with Gasteiger partial charge in [-0.25, -0.2) is 4.98 Å². The highest BCUT2D eigenvalue weighted by molar-refractivity contribution is 6.02. The van der Waals surface area contributed by atoms with E-state index in [9.17, 15) is 5.11 Å². The summed E-state index contributed by atoms with van der Waals surface area (Å²) in [4.78, 5) is 9.40. The van der Waals surface area contributed by atoms with Gasteiger partial charge in [-0.2, -0.15) is 0 Å². The Kier molecular flexibility index (Phi) is 3.77. The first-order chi connectivity index (χ1) is 12.1. The second-order valence-corrected chi connectivity index (χ2v) is 7.01. The first-order valence-electron chi connectivity index (χ1n) is 8.50. The van der Waals surface area contributed by atoms with E-state index >= 15 is 0 Å². The van der Waals surface area contributed by atoms with Gasteiger partial charge in [-0.15, -0.1) is 0 Å². The Morgan fingerprint density at radius 2 is 1.68 bits per heavy atom. The molecule has 0 fully saturated rings. The van der Waals surface area contributed by atoms with Crippen LogP contribution in [-0.2, 0) is 12.0 Å². The highest BCUT2D eigenvalue weighted by Crippen LogP contribution is 2.31. The first kappa shape index (κ1) is 15.8. The molecule has 0 amide bonds. The Bertz CT molecular complexity index is 1040. The maximum absolute atomic E-state index is 10.0. The van der Waals surface area contributed by atoms with Crippen LogP contribution in [0.4, 0.5) is 0 Å². The minimum atomic E-state index is -0.455. The lowest BCUT2D eigenvalue weighted by Crippen LogP contribution is -2.32. The van der Waals surface area contributed by atoms with Crippen LogP contribution in [0.15, 0.2) is 60.8 Å². The zero-order valence-electron chi connectivity index (χ0n) is 14.5. The van der Waals surface area contributed by atoms with E-state index in [0.717, 1.165) is 27.8 Å². The molecule has 0 unspecified atom stereocenters. The molecule has 0 bridgehead atoms. The van der Waals surface area contributed by atoms with Crippen LogP contribution in [-0.4, -0.2) is 26.2 Å². The summed E-state index contributed by atoms with van der Waals surface area (Å²) in [5.74, 6) is 0.943. The Hall–Kier alpha value is -2.72. The number of aliphatic hydroxyl groups excluding tert-OH is 1. The molecule has 0 radical (unpaired) electrons. The first-order valence-corrected chi connectivity index (χ1v) is 8.50. The van der Waals surface area contributed by atoms with Crippen LogP contribution in [0.1, 0.15) is 25.2 Å². The van der Waals surface area contributed by atoms with Crippen LogP contribution in [0, 0.1) is 0 Å². The molecule has 4 heteroatoms. The highest BCUT2D eigenvalue weighted by Gasteiger charge is 2.26. The summed E-state index contributed by atoms with van der Waals surface area (Å²) < 4.78 is 2.18. The van der Waals surface area contributed by atoms with Gasteiger partial charge in [0, 0.05) is 11.8 Å². The number of pyridine rings is 1. The maximum Gasteiger partial charge on any atom is 0.114 e. The number of benzene rings is 2. The third kappa shape index (κ3) is 2.68. The molecule has 2 aromatic heterocycles. The number of rotatable bonds is 4. The van der Waals surface area contributed by atoms with Crippen LogP contribution >= 0.6 is 0 Å². The van der Waals surface area contributed by atoms with Crippen LogP contribution in [0.5, 0.6) is 0 Å². The predicted molar refractivity (Wildman–Crippen MR) is 101 cm³/mol. The topological polar surface area (TPSA) is 50.9 Å². The SMILES string of the molecule is CC(C)(CO)n1c(Cc2ccccc2)nc2cnc3ccccc3c21. The van der Waals surface area contributed by atoms with E-state index in [1.807, 2.05) is 56.4 Å². The minimum Gasteiger partial charge on any atom is -0.394 e. The Labute approximate surface area is 146 Å². The number of imidazole rings is 1. The average Bonchev–Trinajstić information content (AvgIpc) is 3.02. The van der Waals surface area contributed by atoms with Gasteiger partial charge in [-0.3, -0.25) is 4.98 Å². The number of aromatic nitrogens is 3. The third-order valence-electron chi connectivity index (χ3n) is 4.66. The zero-order chi connectivity index (χ0) is 17.4. The summed E-state index contributed by atoms with van der Waals surface area (Å²) in [6, 6.07) is 18.4. The second kappa shape index (κ2) is 5.97. The van der Waals surface area contributed by atoms with Crippen molar-refractivity contribution in [3.05, 3.63) is 72.2 Å². The lowest BCUT2D eigenvalue weighted by molar-refractivity contribution is 0.165. The molecule has 0 saturated heterocycles. The van der Waals surface area contributed by atoms with E-state index in [1.165, 1.54) is 5.56 Å². The van der Waals surface area contributed by atoms with Crippen molar-refractivity contribution in [1.29, 1.82) is 0 Å². The molecular weight excluding hydrogens is 310 g/mol. The Balaban J connectivity index is 2.02. The second-order valence-electron chi connectivity index (χ2n) is 7.01. The maximum atomic E-state index is 10.0. The number of hydrogen-bond donors (Lipinski definition) is 1. The largest absolute Gasteiger partial charge is 0.394 e. The molecule has 0 aliphatic heterocycles.